The molecule has 3 N–H and O–H groups in total. The molecule has 0 aromatic heterocycles. The third-order valence-electron chi connectivity index (χ3n) is 2.90. The van der Waals surface area contributed by atoms with Gasteiger partial charge in [0.25, 0.3) is 0 Å². The lowest BCUT2D eigenvalue weighted by Gasteiger charge is -2.14. The second-order valence-electron chi connectivity index (χ2n) is 4.50. The SMILES string of the molecule is CCCOc1cccc(Nc2ccc(C#N)cc2Br)c1N. The summed E-state index contributed by atoms with van der Waals surface area (Å²) in [5.41, 5.74) is 8.91. The molecule has 2 aromatic carbocycles. The van der Waals surface area contributed by atoms with Crippen LogP contribution in [0.1, 0.15) is 18.9 Å². The Morgan fingerprint density at radius 1 is 1.29 bits per heavy atom. The van der Waals surface area contributed by atoms with Crippen LogP contribution in [0, 0.1) is 11.3 Å². The van der Waals surface area contributed by atoms with Gasteiger partial charge in [-0.15, -0.1) is 0 Å². The van der Waals surface area contributed by atoms with Crippen molar-refractivity contribution in [1.82, 2.24) is 0 Å². The molecule has 4 nitrogen and oxygen atoms in total. The standard InChI is InChI=1S/C16H16BrN3O/c1-2-8-21-15-5-3-4-14(16(15)19)20-13-7-6-11(10-18)9-12(13)17/h3-7,9,20H,2,8,19H2,1H3. The van der Waals surface area contributed by atoms with Crippen molar-refractivity contribution in [3.05, 3.63) is 46.4 Å². The number of nitrogens with one attached hydrogen (secondary N) is 1. The van der Waals surface area contributed by atoms with Crippen LogP contribution in [0.2, 0.25) is 0 Å². The van der Waals surface area contributed by atoms with Crippen molar-refractivity contribution in [3.63, 3.8) is 0 Å². The van der Waals surface area contributed by atoms with E-state index in [1.165, 1.54) is 0 Å². The lowest BCUT2D eigenvalue weighted by atomic mass is 10.2. The number of nitrogens with zero attached hydrogens (tertiary/aromatic N) is 1. The summed E-state index contributed by atoms with van der Waals surface area (Å²) in [7, 11) is 0. The predicted molar refractivity (Wildman–Crippen MR) is 88.8 cm³/mol. The molecule has 0 aliphatic rings. The average Bonchev–Trinajstić information content (AvgIpc) is 2.50. The molecule has 0 fully saturated rings. The normalized spacial score (nSPS) is 9.95. The van der Waals surface area contributed by atoms with Crippen LogP contribution >= 0.6 is 15.9 Å². The molecule has 0 spiro atoms. The van der Waals surface area contributed by atoms with E-state index in [9.17, 15) is 0 Å². The van der Waals surface area contributed by atoms with E-state index < -0.39 is 0 Å². The van der Waals surface area contributed by atoms with E-state index >= 15 is 0 Å². The van der Waals surface area contributed by atoms with Gasteiger partial charge in [-0.2, -0.15) is 5.26 Å². The first-order valence-electron chi connectivity index (χ1n) is 6.63. The maximum Gasteiger partial charge on any atom is 0.144 e. The predicted octanol–water partition coefficient (Wildman–Crippen LogP) is 4.44. The second kappa shape index (κ2) is 7.00. The lowest BCUT2D eigenvalue weighted by Crippen LogP contribution is -2.02. The summed E-state index contributed by atoms with van der Waals surface area (Å²) in [6.07, 6.45) is 0.929. The molecule has 2 rings (SSSR count). The Kier molecular flexibility index (Phi) is 5.07. The van der Waals surface area contributed by atoms with Crippen LogP contribution in [0.25, 0.3) is 0 Å². The Bertz CT molecular complexity index is 680. The van der Waals surface area contributed by atoms with Crippen molar-refractivity contribution >= 4 is 33.0 Å². The number of para-hydroxylation sites is 1. The van der Waals surface area contributed by atoms with Crippen LogP contribution in [0.4, 0.5) is 17.1 Å². The fraction of sp³-hybridized carbons (Fsp3) is 0.188. The Morgan fingerprint density at radius 3 is 2.76 bits per heavy atom. The highest BCUT2D eigenvalue weighted by Crippen LogP contribution is 2.34. The summed E-state index contributed by atoms with van der Waals surface area (Å²) in [5, 5.41) is 12.1. The van der Waals surface area contributed by atoms with E-state index in [4.69, 9.17) is 15.7 Å². The molecule has 0 amide bonds. The molecule has 0 saturated heterocycles. The van der Waals surface area contributed by atoms with Crippen molar-refractivity contribution in [2.45, 2.75) is 13.3 Å². The largest absolute Gasteiger partial charge is 0.491 e. The van der Waals surface area contributed by atoms with Gasteiger partial charge in [0.05, 0.1) is 35.3 Å². The first-order chi connectivity index (χ1) is 10.2. The van der Waals surface area contributed by atoms with Crippen LogP contribution < -0.4 is 15.8 Å². The van der Waals surface area contributed by atoms with Gasteiger partial charge in [-0.3, -0.25) is 0 Å². The molecule has 2 aromatic rings. The third-order valence-corrected chi connectivity index (χ3v) is 3.55. The summed E-state index contributed by atoms with van der Waals surface area (Å²) in [4.78, 5) is 0. The van der Waals surface area contributed by atoms with E-state index in [2.05, 4.69) is 27.3 Å². The van der Waals surface area contributed by atoms with Gasteiger partial charge >= 0.3 is 0 Å². The van der Waals surface area contributed by atoms with Gasteiger partial charge in [-0.05, 0) is 52.7 Å². The number of rotatable bonds is 5. The number of hydrogen-bond donors (Lipinski definition) is 2. The lowest BCUT2D eigenvalue weighted by molar-refractivity contribution is 0.319. The summed E-state index contributed by atoms with van der Waals surface area (Å²) < 4.78 is 6.42. The zero-order chi connectivity index (χ0) is 15.2. The molecule has 0 radical (unpaired) electrons. The maximum absolute atomic E-state index is 8.88. The smallest absolute Gasteiger partial charge is 0.144 e. The Labute approximate surface area is 132 Å². The number of nitrogen functional groups attached to an aromatic ring is 1. The fourth-order valence-corrected chi connectivity index (χ4v) is 2.30. The Hall–Kier alpha value is -2.19. The summed E-state index contributed by atoms with van der Waals surface area (Å²) in [5.74, 6) is 0.673. The highest BCUT2D eigenvalue weighted by Gasteiger charge is 2.08. The Morgan fingerprint density at radius 2 is 2.10 bits per heavy atom. The van der Waals surface area contributed by atoms with E-state index in [-0.39, 0.29) is 0 Å². The van der Waals surface area contributed by atoms with E-state index in [1.54, 1.807) is 12.1 Å². The molecule has 0 atom stereocenters. The molecule has 21 heavy (non-hydrogen) atoms. The molecule has 0 aliphatic heterocycles. The van der Waals surface area contributed by atoms with Crippen LogP contribution in [0.3, 0.4) is 0 Å². The minimum absolute atomic E-state index is 0.571. The molecule has 0 saturated carbocycles. The minimum Gasteiger partial charge on any atom is -0.491 e. The topological polar surface area (TPSA) is 71.1 Å². The van der Waals surface area contributed by atoms with E-state index in [0.717, 1.165) is 22.3 Å². The first kappa shape index (κ1) is 15.2. The van der Waals surface area contributed by atoms with Crippen molar-refractivity contribution < 1.29 is 4.74 Å². The fourth-order valence-electron chi connectivity index (χ4n) is 1.82. The molecular weight excluding hydrogens is 330 g/mol. The molecule has 0 bridgehead atoms. The molecule has 5 heteroatoms. The van der Waals surface area contributed by atoms with Crippen molar-refractivity contribution in [1.29, 1.82) is 5.26 Å². The summed E-state index contributed by atoms with van der Waals surface area (Å²) in [6, 6.07) is 13.1. The zero-order valence-electron chi connectivity index (χ0n) is 11.7. The minimum atomic E-state index is 0.571. The van der Waals surface area contributed by atoms with Crippen LogP contribution in [0.5, 0.6) is 5.75 Å². The number of nitrogens with two attached hydrogens (primary N) is 1. The number of nitriles is 1. The highest BCUT2D eigenvalue weighted by atomic mass is 79.9. The molecular formula is C16H16BrN3O. The van der Waals surface area contributed by atoms with Gasteiger partial charge in [0.2, 0.25) is 0 Å². The Balaban J connectivity index is 2.26. The summed E-state index contributed by atoms with van der Waals surface area (Å²) >= 11 is 3.44. The molecule has 108 valence electrons. The van der Waals surface area contributed by atoms with Crippen molar-refractivity contribution in [2.75, 3.05) is 17.7 Å². The van der Waals surface area contributed by atoms with Gasteiger partial charge in [0.1, 0.15) is 5.75 Å². The van der Waals surface area contributed by atoms with Crippen molar-refractivity contribution in [3.8, 4) is 11.8 Å². The van der Waals surface area contributed by atoms with E-state index in [0.29, 0.717) is 23.6 Å². The van der Waals surface area contributed by atoms with Gasteiger partial charge in [0.15, 0.2) is 0 Å². The van der Waals surface area contributed by atoms with Gasteiger partial charge in [-0.1, -0.05) is 13.0 Å². The quantitative estimate of drug-likeness (QED) is 0.786. The number of ether oxygens (including phenoxy) is 1. The molecule has 0 unspecified atom stereocenters. The van der Waals surface area contributed by atoms with Crippen LogP contribution in [-0.2, 0) is 0 Å². The number of anilines is 3. The van der Waals surface area contributed by atoms with Gasteiger partial charge in [0, 0.05) is 4.47 Å². The van der Waals surface area contributed by atoms with Gasteiger partial charge < -0.3 is 15.8 Å². The van der Waals surface area contributed by atoms with Gasteiger partial charge in [-0.25, -0.2) is 0 Å². The summed E-state index contributed by atoms with van der Waals surface area (Å²) in [6.45, 7) is 2.68. The van der Waals surface area contributed by atoms with Crippen molar-refractivity contribution in [2.24, 2.45) is 0 Å². The maximum atomic E-state index is 8.88. The zero-order valence-corrected chi connectivity index (χ0v) is 13.3. The second-order valence-corrected chi connectivity index (χ2v) is 5.35. The molecule has 0 aliphatic carbocycles. The van der Waals surface area contributed by atoms with E-state index in [1.807, 2.05) is 31.2 Å². The van der Waals surface area contributed by atoms with Crippen LogP contribution in [0.15, 0.2) is 40.9 Å². The number of hydrogen-bond acceptors (Lipinski definition) is 4. The average molecular weight is 346 g/mol. The molecule has 0 heterocycles. The number of halogens is 1. The van der Waals surface area contributed by atoms with Crippen LogP contribution in [-0.4, -0.2) is 6.61 Å². The first-order valence-corrected chi connectivity index (χ1v) is 7.43. The highest BCUT2D eigenvalue weighted by molar-refractivity contribution is 9.10. The number of benzene rings is 2. The monoisotopic (exact) mass is 345 g/mol. The third kappa shape index (κ3) is 3.67.